The van der Waals surface area contributed by atoms with Gasteiger partial charge in [0, 0.05) is 15.8 Å². The average Bonchev–Trinajstić information content (AvgIpc) is 3.00. The SMILES string of the molecule is O=C(Nc1ccn(Cc2cc(I)ccc2C(F)(F)F)n1)c1c(F)cccc1F. The van der Waals surface area contributed by atoms with Crippen LogP contribution in [0.2, 0.25) is 0 Å². The second kappa shape index (κ2) is 7.86. The summed E-state index contributed by atoms with van der Waals surface area (Å²) in [7, 11) is 0. The number of benzene rings is 2. The quantitative estimate of drug-likeness (QED) is 0.396. The van der Waals surface area contributed by atoms with Crippen LogP contribution >= 0.6 is 22.6 Å². The maximum atomic E-state index is 13.7. The van der Waals surface area contributed by atoms with Crippen molar-refractivity contribution in [2.75, 3.05) is 5.32 Å². The molecule has 3 aromatic rings. The Morgan fingerprint density at radius 3 is 2.43 bits per heavy atom. The van der Waals surface area contributed by atoms with E-state index in [0.29, 0.717) is 3.57 Å². The zero-order valence-corrected chi connectivity index (χ0v) is 16.1. The van der Waals surface area contributed by atoms with Crippen LogP contribution in [0.15, 0.2) is 48.7 Å². The van der Waals surface area contributed by atoms with E-state index in [0.717, 1.165) is 24.3 Å². The first kappa shape index (κ1) is 20.2. The van der Waals surface area contributed by atoms with Gasteiger partial charge in [-0.05, 0) is 58.5 Å². The van der Waals surface area contributed by atoms with Crippen LogP contribution in [0.25, 0.3) is 0 Å². The van der Waals surface area contributed by atoms with Crippen molar-refractivity contribution in [3.8, 4) is 0 Å². The summed E-state index contributed by atoms with van der Waals surface area (Å²) < 4.78 is 68.6. The van der Waals surface area contributed by atoms with E-state index in [2.05, 4.69) is 10.4 Å². The Balaban J connectivity index is 1.81. The van der Waals surface area contributed by atoms with Gasteiger partial charge in [-0.15, -0.1) is 0 Å². The van der Waals surface area contributed by atoms with Crippen LogP contribution in [-0.4, -0.2) is 15.7 Å². The van der Waals surface area contributed by atoms with E-state index in [1.165, 1.54) is 29.1 Å². The van der Waals surface area contributed by atoms with Gasteiger partial charge in [-0.3, -0.25) is 9.48 Å². The third-order valence-corrected chi connectivity index (χ3v) is 4.45. The van der Waals surface area contributed by atoms with Crippen molar-refractivity contribution < 1.29 is 26.7 Å². The minimum absolute atomic E-state index is 0.000486. The summed E-state index contributed by atoms with van der Waals surface area (Å²) in [5.41, 5.74) is -1.56. The molecule has 28 heavy (non-hydrogen) atoms. The molecule has 0 bridgehead atoms. The Labute approximate surface area is 169 Å². The Hall–Kier alpha value is -2.50. The van der Waals surface area contributed by atoms with Gasteiger partial charge in [0.15, 0.2) is 5.82 Å². The van der Waals surface area contributed by atoms with Gasteiger partial charge in [0.05, 0.1) is 12.1 Å². The number of amides is 1. The fraction of sp³-hybridized carbons (Fsp3) is 0.111. The second-order valence-electron chi connectivity index (χ2n) is 5.75. The maximum absolute atomic E-state index is 13.7. The number of carbonyl (C=O) groups is 1. The van der Waals surface area contributed by atoms with Crippen LogP contribution in [0.3, 0.4) is 0 Å². The van der Waals surface area contributed by atoms with Gasteiger partial charge in [-0.25, -0.2) is 8.78 Å². The van der Waals surface area contributed by atoms with E-state index in [1.807, 2.05) is 22.6 Å². The Bertz CT molecular complexity index is 1010. The molecule has 0 atom stereocenters. The van der Waals surface area contributed by atoms with Gasteiger partial charge in [0.2, 0.25) is 0 Å². The predicted octanol–water partition coefficient (Wildman–Crippen LogP) is 5.09. The van der Waals surface area contributed by atoms with E-state index < -0.39 is 34.8 Å². The van der Waals surface area contributed by atoms with E-state index in [4.69, 9.17) is 0 Å². The lowest BCUT2D eigenvalue weighted by molar-refractivity contribution is -0.138. The van der Waals surface area contributed by atoms with Gasteiger partial charge in [0.1, 0.15) is 17.2 Å². The Morgan fingerprint density at radius 2 is 1.79 bits per heavy atom. The first-order valence-corrected chi connectivity index (χ1v) is 8.87. The first-order chi connectivity index (χ1) is 13.1. The van der Waals surface area contributed by atoms with E-state index in [1.54, 1.807) is 0 Å². The minimum Gasteiger partial charge on any atom is -0.305 e. The van der Waals surface area contributed by atoms with Crippen molar-refractivity contribution in [1.29, 1.82) is 0 Å². The number of alkyl halides is 3. The molecular weight excluding hydrogens is 496 g/mol. The molecule has 0 aliphatic carbocycles. The molecule has 0 saturated heterocycles. The third-order valence-electron chi connectivity index (χ3n) is 3.78. The molecule has 1 amide bonds. The van der Waals surface area contributed by atoms with Gasteiger partial charge in [-0.2, -0.15) is 18.3 Å². The number of hydrogen-bond donors (Lipinski definition) is 1. The van der Waals surface area contributed by atoms with Crippen LogP contribution in [0.1, 0.15) is 21.5 Å². The molecule has 2 aromatic carbocycles. The van der Waals surface area contributed by atoms with Crippen molar-refractivity contribution in [3.63, 3.8) is 0 Å². The third kappa shape index (κ3) is 4.49. The summed E-state index contributed by atoms with van der Waals surface area (Å²) in [5, 5.41) is 6.18. The zero-order valence-electron chi connectivity index (χ0n) is 13.9. The molecule has 0 fully saturated rings. The normalized spacial score (nSPS) is 11.5. The number of nitrogens with one attached hydrogen (secondary N) is 1. The molecule has 0 saturated carbocycles. The number of rotatable bonds is 4. The predicted molar refractivity (Wildman–Crippen MR) is 99.8 cm³/mol. The van der Waals surface area contributed by atoms with Gasteiger partial charge in [-0.1, -0.05) is 6.07 Å². The maximum Gasteiger partial charge on any atom is 0.416 e. The molecular formula is C18H11F5IN3O. The van der Waals surface area contributed by atoms with Crippen LogP contribution in [-0.2, 0) is 12.7 Å². The molecule has 0 aliphatic heterocycles. The molecule has 1 heterocycles. The van der Waals surface area contributed by atoms with Crippen molar-refractivity contribution in [3.05, 3.63) is 80.6 Å². The highest BCUT2D eigenvalue weighted by molar-refractivity contribution is 14.1. The number of carbonyl (C=O) groups excluding carboxylic acids is 1. The van der Waals surface area contributed by atoms with Crippen LogP contribution in [0, 0.1) is 15.2 Å². The van der Waals surface area contributed by atoms with Crippen molar-refractivity contribution in [2.24, 2.45) is 0 Å². The molecule has 0 aliphatic rings. The fourth-order valence-electron chi connectivity index (χ4n) is 2.55. The van der Waals surface area contributed by atoms with Gasteiger partial charge in [0.25, 0.3) is 5.91 Å². The summed E-state index contributed by atoms with van der Waals surface area (Å²) in [6, 6.07) is 8.04. The van der Waals surface area contributed by atoms with Gasteiger partial charge >= 0.3 is 6.18 Å². The average molecular weight is 507 g/mol. The number of aromatic nitrogens is 2. The molecule has 146 valence electrons. The molecule has 0 radical (unpaired) electrons. The molecule has 4 nitrogen and oxygen atoms in total. The second-order valence-corrected chi connectivity index (χ2v) is 6.99. The number of nitrogens with zero attached hydrogens (tertiary/aromatic N) is 2. The smallest absolute Gasteiger partial charge is 0.305 e. The largest absolute Gasteiger partial charge is 0.416 e. The van der Waals surface area contributed by atoms with Crippen molar-refractivity contribution in [2.45, 2.75) is 12.7 Å². The summed E-state index contributed by atoms with van der Waals surface area (Å²) in [5.74, 6) is -3.17. The highest BCUT2D eigenvalue weighted by Crippen LogP contribution is 2.33. The minimum atomic E-state index is -4.52. The molecule has 10 heteroatoms. The van der Waals surface area contributed by atoms with Crippen molar-refractivity contribution >= 4 is 34.3 Å². The summed E-state index contributed by atoms with van der Waals surface area (Å²) in [6.07, 6.45) is -3.17. The molecule has 0 spiro atoms. The summed E-state index contributed by atoms with van der Waals surface area (Å²) in [6.45, 7) is -0.199. The lowest BCUT2D eigenvalue weighted by Crippen LogP contribution is -2.16. The van der Waals surface area contributed by atoms with Crippen LogP contribution in [0.4, 0.5) is 27.8 Å². The monoisotopic (exact) mass is 507 g/mol. The molecule has 3 rings (SSSR count). The molecule has 1 N–H and O–H groups in total. The molecule has 0 unspecified atom stereocenters. The molecule has 1 aromatic heterocycles. The fourth-order valence-corrected chi connectivity index (χ4v) is 3.11. The Morgan fingerprint density at radius 1 is 1.11 bits per heavy atom. The highest BCUT2D eigenvalue weighted by Gasteiger charge is 2.33. The zero-order chi connectivity index (χ0) is 20.5. The van der Waals surface area contributed by atoms with Crippen LogP contribution in [0.5, 0.6) is 0 Å². The van der Waals surface area contributed by atoms with E-state index >= 15 is 0 Å². The number of anilines is 1. The standard InChI is InChI=1S/C18H11F5IN3O/c19-13-2-1-3-14(20)16(13)17(28)25-15-6-7-27(26-15)9-10-8-11(24)4-5-12(10)18(21,22)23/h1-8H,9H2,(H,25,26,28). The Kier molecular flexibility index (Phi) is 5.68. The number of halogens is 6. The summed E-state index contributed by atoms with van der Waals surface area (Å²) >= 11 is 1.90. The summed E-state index contributed by atoms with van der Waals surface area (Å²) in [4.78, 5) is 12.1. The van der Waals surface area contributed by atoms with E-state index in [-0.39, 0.29) is 17.9 Å². The van der Waals surface area contributed by atoms with Gasteiger partial charge < -0.3 is 5.32 Å². The first-order valence-electron chi connectivity index (χ1n) is 7.79. The highest BCUT2D eigenvalue weighted by atomic mass is 127. The van der Waals surface area contributed by atoms with Crippen molar-refractivity contribution in [1.82, 2.24) is 9.78 Å². The van der Waals surface area contributed by atoms with Crippen LogP contribution < -0.4 is 5.32 Å². The lowest BCUT2D eigenvalue weighted by Gasteiger charge is -2.13. The number of hydrogen-bond acceptors (Lipinski definition) is 2. The lowest BCUT2D eigenvalue weighted by atomic mass is 10.1. The topological polar surface area (TPSA) is 46.9 Å². The van der Waals surface area contributed by atoms with E-state index in [9.17, 15) is 26.7 Å².